The molecule has 0 spiro atoms. The van der Waals surface area contributed by atoms with Crippen molar-refractivity contribution in [3.63, 3.8) is 0 Å². The molecule has 1 aromatic rings. The molecule has 0 atom stereocenters. The molecular formula is C13H20O4S. The Morgan fingerprint density at radius 2 is 1.94 bits per heavy atom. The molecule has 5 heteroatoms. The molecule has 0 bridgehead atoms. The SMILES string of the molecule is CCCOc1cc(CC)c(CO)c(S(C)(=O)=O)c1. The van der Waals surface area contributed by atoms with Crippen LogP contribution in [0.4, 0.5) is 0 Å². The average Bonchev–Trinajstić information content (AvgIpc) is 2.33. The average molecular weight is 272 g/mol. The second-order valence-corrected chi connectivity index (χ2v) is 6.18. The highest BCUT2D eigenvalue weighted by Gasteiger charge is 2.17. The first-order chi connectivity index (χ1) is 8.43. The second kappa shape index (κ2) is 6.20. The minimum Gasteiger partial charge on any atom is -0.494 e. The van der Waals surface area contributed by atoms with Gasteiger partial charge in [0.2, 0.25) is 0 Å². The fraction of sp³-hybridized carbons (Fsp3) is 0.538. The molecule has 0 saturated heterocycles. The van der Waals surface area contributed by atoms with E-state index in [1.807, 2.05) is 13.8 Å². The van der Waals surface area contributed by atoms with Gasteiger partial charge < -0.3 is 9.84 Å². The molecule has 4 nitrogen and oxygen atoms in total. The quantitative estimate of drug-likeness (QED) is 0.859. The van der Waals surface area contributed by atoms with E-state index in [1.165, 1.54) is 6.07 Å². The summed E-state index contributed by atoms with van der Waals surface area (Å²) in [6, 6.07) is 3.30. The molecule has 0 fully saturated rings. The number of rotatable bonds is 6. The summed E-state index contributed by atoms with van der Waals surface area (Å²) >= 11 is 0. The van der Waals surface area contributed by atoms with Crippen LogP contribution in [0.2, 0.25) is 0 Å². The van der Waals surface area contributed by atoms with Gasteiger partial charge in [0, 0.05) is 6.26 Å². The fourth-order valence-electron chi connectivity index (χ4n) is 1.80. The van der Waals surface area contributed by atoms with E-state index < -0.39 is 9.84 Å². The lowest BCUT2D eigenvalue weighted by atomic mass is 10.1. The molecule has 18 heavy (non-hydrogen) atoms. The maximum absolute atomic E-state index is 11.7. The minimum absolute atomic E-state index is 0.162. The van der Waals surface area contributed by atoms with E-state index in [9.17, 15) is 13.5 Å². The van der Waals surface area contributed by atoms with Gasteiger partial charge in [0.1, 0.15) is 5.75 Å². The van der Waals surface area contributed by atoms with Crippen LogP contribution in [0.5, 0.6) is 5.75 Å². The lowest BCUT2D eigenvalue weighted by Gasteiger charge is -2.14. The summed E-state index contributed by atoms with van der Waals surface area (Å²) < 4.78 is 29.0. The van der Waals surface area contributed by atoms with E-state index in [0.29, 0.717) is 24.3 Å². The van der Waals surface area contributed by atoms with Crippen LogP contribution in [-0.4, -0.2) is 26.4 Å². The lowest BCUT2D eigenvalue weighted by molar-refractivity contribution is 0.276. The Morgan fingerprint density at radius 3 is 2.39 bits per heavy atom. The number of hydrogen-bond donors (Lipinski definition) is 1. The summed E-state index contributed by atoms with van der Waals surface area (Å²) in [5, 5.41) is 9.36. The van der Waals surface area contributed by atoms with Crippen molar-refractivity contribution in [1.82, 2.24) is 0 Å². The van der Waals surface area contributed by atoms with Crippen LogP contribution in [-0.2, 0) is 22.9 Å². The van der Waals surface area contributed by atoms with Crippen LogP contribution >= 0.6 is 0 Å². The summed E-state index contributed by atoms with van der Waals surface area (Å²) in [6.45, 7) is 4.18. The zero-order valence-corrected chi connectivity index (χ0v) is 11.9. The number of hydrogen-bond acceptors (Lipinski definition) is 4. The third-order valence-electron chi connectivity index (χ3n) is 2.69. The van der Waals surface area contributed by atoms with Crippen molar-refractivity contribution in [3.8, 4) is 5.75 Å². The van der Waals surface area contributed by atoms with E-state index in [4.69, 9.17) is 4.74 Å². The Hall–Kier alpha value is -1.07. The van der Waals surface area contributed by atoms with Crippen molar-refractivity contribution < 1.29 is 18.3 Å². The van der Waals surface area contributed by atoms with Crippen molar-refractivity contribution in [2.45, 2.75) is 38.2 Å². The van der Waals surface area contributed by atoms with Gasteiger partial charge in [-0.25, -0.2) is 8.42 Å². The van der Waals surface area contributed by atoms with Crippen LogP contribution in [0.25, 0.3) is 0 Å². The predicted octanol–water partition coefficient (Wildman–Crippen LogP) is 1.93. The first-order valence-corrected chi connectivity index (χ1v) is 7.92. The fourth-order valence-corrected chi connectivity index (χ4v) is 2.78. The molecule has 0 heterocycles. The number of ether oxygens (including phenoxy) is 1. The molecule has 0 aliphatic heterocycles. The van der Waals surface area contributed by atoms with Crippen LogP contribution in [0.1, 0.15) is 31.4 Å². The molecule has 102 valence electrons. The second-order valence-electron chi connectivity index (χ2n) is 4.19. The molecular weight excluding hydrogens is 252 g/mol. The van der Waals surface area contributed by atoms with Gasteiger partial charge >= 0.3 is 0 Å². The first-order valence-electron chi connectivity index (χ1n) is 6.03. The molecule has 0 aromatic heterocycles. The Labute approximate surface area is 109 Å². The Kier molecular flexibility index (Phi) is 5.16. The molecule has 1 N–H and O–H groups in total. The predicted molar refractivity (Wildman–Crippen MR) is 70.6 cm³/mol. The van der Waals surface area contributed by atoms with Crippen molar-refractivity contribution in [2.24, 2.45) is 0 Å². The Balaban J connectivity index is 3.36. The molecule has 0 unspecified atom stereocenters. The summed E-state index contributed by atoms with van der Waals surface area (Å²) in [4.78, 5) is 0.162. The van der Waals surface area contributed by atoms with Gasteiger partial charge in [-0.1, -0.05) is 13.8 Å². The van der Waals surface area contributed by atoms with Gasteiger partial charge in [-0.05, 0) is 36.1 Å². The minimum atomic E-state index is -3.37. The molecule has 0 aliphatic carbocycles. The van der Waals surface area contributed by atoms with E-state index >= 15 is 0 Å². The zero-order valence-electron chi connectivity index (χ0n) is 11.1. The topological polar surface area (TPSA) is 63.6 Å². The summed E-state index contributed by atoms with van der Waals surface area (Å²) in [6.07, 6.45) is 2.66. The van der Waals surface area contributed by atoms with E-state index in [-0.39, 0.29) is 11.5 Å². The highest BCUT2D eigenvalue weighted by molar-refractivity contribution is 7.90. The molecule has 1 aromatic carbocycles. The van der Waals surface area contributed by atoms with Crippen molar-refractivity contribution in [2.75, 3.05) is 12.9 Å². The summed E-state index contributed by atoms with van der Waals surface area (Å²) in [5.74, 6) is 0.548. The first kappa shape index (κ1) is 15.0. The van der Waals surface area contributed by atoms with Crippen LogP contribution in [0, 0.1) is 0 Å². The van der Waals surface area contributed by atoms with Crippen molar-refractivity contribution in [3.05, 3.63) is 23.3 Å². The van der Waals surface area contributed by atoms with Crippen LogP contribution < -0.4 is 4.74 Å². The maximum Gasteiger partial charge on any atom is 0.176 e. The van der Waals surface area contributed by atoms with Gasteiger partial charge in [-0.15, -0.1) is 0 Å². The summed E-state index contributed by atoms with van der Waals surface area (Å²) in [5.41, 5.74) is 1.29. The molecule has 0 radical (unpaired) electrons. The highest BCUT2D eigenvalue weighted by atomic mass is 32.2. The van der Waals surface area contributed by atoms with Crippen LogP contribution in [0.3, 0.4) is 0 Å². The number of sulfone groups is 1. The highest BCUT2D eigenvalue weighted by Crippen LogP contribution is 2.27. The smallest absolute Gasteiger partial charge is 0.176 e. The van der Waals surface area contributed by atoms with E-state index in [2.05, 4.69) is 0 Å². The van der Waals surface area contributed by atoms with Crippen LogP contribution in [0.15, 0.2) is 17.0 Å². The van der Waals surface area contributed by atoms with E-state index in [0.717, 1.165) is 18.2 Å². The van der Waals surface area contributed by atoms with Gasteiger partial charge in [0.25, 0.3) is 0 Å². The van der Waals surface area contributed by atoms with Gasteiger partial charge in [0.05, 0.1) is 18.1 Å². The number of benzene rings is 1. The number of aryl methyl sites for hydroxylation is 1. The van der Waals surface area contributed by atoms with Gasteiger partial charge in [-0.3, -0.25) is 0 Å². The summed E-state index contributed by atoms with van der Waals surface area (Å²) in [7, 11) is -3.37. The molecule has 0 saturated carbocycles. The van der Waals surface area contributed by atoms with Gasteiger partial charge in [-0.2, -0.15) is 0 Å². The molecule has 0 aliphatic rings. The monoisotopic (exact) mass is 272 g/mol. The van der Waals surface area contributed by atoms with Gasteiger partial charge in [0.15, 0.2) is 9.84 Å². The number of aliphatic hydroxyl groups excluding tert-OH is 1. The van der Waals surface area contributed by atoms with E-state index in [1.54, 1.807) is 6.07 Å². The lowest BCUT2D eigenvalue weighted by Crippen LogP contribution is -2.07. The third-order valence-corrected chi connectivity index (χ3v) is 3.85. The zero-order chi connectivity index (χ0) is 13.8. The van der Waals surface area contributed by atoms with Crippen molar-refractivity contribution >= 4 is 9.84 Å². The van der Waals surface area contributed by atoms with Crippen molar-refractivity contribution in [1.29, 1.82) is 0 Å². The molecule has 0 amide bonds. The maximum atomic E-state index is 11.7. The Morgan fingerprint density at radius 1 is 1.28 bits per heavy atom. The molecule has 1 rings (SSSR count). The number of aliphatic hydroxyl groups is 1. The normalized spacial score (nSPS) is 11.6. The Bertz CT molecular complexity index is 506. The standard InChI is InChI=1S/C13H20O4S/c1-4-6-17-11-7-10(5-2)12(9-14)13(8-11)18(3,15)16/h7-8,14H,4-6,9H2,1-3H3. The largest absolute Gasteiger partial charge is 0.494 e. The third kappa shape index (κ3) is 3.46.